The van der Waals surface area contributed by atoms with Crippen molar-refractivity contribution in [1.82, 2.24) is 9.80 Å². The maximum absolute atomic E-state index is 12.0. The van der Waals surface area contributed by atoms with Crippen LogP contribution in [0.25, 0.3) is 0 Å². The summed E-state index contributed by atoms with van der Waals surface area (Å²) in [4.78, 5) is 16.1. The maximum atomic E-state index is 12.0. The number of hydrogen-bond acceptors (Lipinski definition) is 3. The van der Waals surface area contributed by atoms with Gasteiger partial charge in [0, 0.05) is 25.7 Å². The van der Waals surface area contributed by atoms with Crippen LogP contribution in [0.15, 0.2) is 0 Å². The van der Waals surface area contributed by atoms with Gasteiger partial charge in [-0.25, -0.2) is 0 Å². The molecule has 0 aromatic rings. The Morgan fingerprint density at radius 2 is 2.00 bits per heavy atom. The average Bonchev–Trinajstić information content (AvgIpc) is 3.09. The first kappa shape index (κ1) is 13.5. The van der Waals surface area contributed by atoms with E-state index in [1.807, 2.05) is 11.8 Å². The van der Waals surface area contributed by atoms with Crippen LogP contribution in [0.1, 0.15) is 33.1 Å². The van der Waals surface area contributed by atoms with Crippen LogP contribution in [0.5, 0.6) is 0 Å². The molecule has 0 heterocycles. The fourth-order valence-corrected chi connectivity index (χ4v) is 1.95. The fourth-order valence-electron chi connectivity index (χ4n) is 1.95. The third-order valence-electron chi connectivity index (χ3n) is 3.09. The van der Waals surface area contributed by atoms with E-state index in [-0.39, 0.29) is 12.5 Å². The van der Waals surface area contributed by atoms with Crippen molar-refractivity contribution in [2.45, 2.75) is 39.2 Å². The number of rotatable bonds is 8. The molecule has 4 heteroatoms. The number of hydrogen-bond donors (Lipinski definition) is 1. The third-order valence-corrected chi connectivity index (χ3v) is 3.09. The van der Waals surface area contributed by atoms with Gasteiger partial charge in [0.05, 0.1) is 6.54 Å². The molecule has 0 bridgehead atoms. The molecule has 0 saturated heterocycles. The molecule has 0 aromatic carbocycles. The summed E-state index contributed by atoms with van der Waals surface area (Å²) in [5.74, 6) is 0.241. The van der Waals surface area contributed by atoms with Gasteiger partial charge in [0.15, 0.2) is 0 Å². The summed E-state index contributed by atoms with van der Waals surface area (Å²) in [6, 6.07) is 0.508. The SMILES string of the molecule is CCN(CCCO)CC(=O)N(CC)C1CC1. The monoisotopic (exact) mass is 228 g/mol. The molecule has 1 aliphatic carbocycles. The highest BCUT2D eigenvalue weighted by Crippen LogP contribution is 2.26. The number of likely N-dealkylation sites (N-methyl/N-ethyl adjacent to an activating group) is 2. The lowest BCUT2D eigenvalue weighted by atomic mass is 10.3. The lowest BCUT2D eigenvalue weighted by Crippen LogP contribution is -2.41. The standard InChI is InChI=1S/C12H24N2O2/c1-3-13(8-5-9-15)10-12(16)14(4-2)11-6-7-11/h11,15H,3-10H2,1-2H3. The summed E-state index contributed by atoms with van der Waals surface area (Å²) < 4.78 is 0. The molecule has 0 aliphatic heterocycles. The zero-order valence-electron chi connectivity index (χ0n) is 10.5. The number of amides is 1. The molecule has 0 radical (unpaired) electrons. The van der Waals surface area contributed by atoms with Crippen LogP contribution in [0.3, 0.4) is 0 Å². The number of aliphatic hydroxyl groups excluding tert-OH is 1. The number of nitrogens with zero attached hydrogens (tertiary/aromatic N) is 2. The van der Waals surface area contributed by atoms with E-state index in [1.54, 1.807) is 0 Å². The van der Waals surface area contributed by atoms with Crippen LogP contribution in [0.4, 0.5) is 0 Å². The van der Waals surface area contributed by atoms with Crippen molar-refractivity contribution in [3.05, 3.63) is 0 Å². The van der Waals surface area contributed by atoms with E-state index < -0.39 is 0 Å². The smallest absolute Gasteiger partial charge is 0.236 e. The van der Waals surface area contributed by atoms with Crippen LogP contribution < -0.4 is 0 Å². The van der Waals surface area contributed by atoms with Gasteiger partial charge in [0.1, 0.15) is 0 Å². The molecule has 0 atom stereocenters. The molecule has 1 amide bonds. The Morgan fingerprint density at radius 3 is 2.44 bits per heavy atom. The number of aliphatic hydroxyl groups is 1. The molecule has 1 N–H and O–H groups in total. The quantitative estimate of drug-likeness (QED) is 0.665. The van der Waals surface area contributed by atoms with E-state index in [9.17, 15) is 4.79 Å². The molecule has 94 valence electrons. The Balaban J connectivity index is 2.34. The third kappa shape index (κ3) is 4.10. The second kappa shape index (κ2) is 6.86. The van der Waals surface area contributed by atoms with E-state index in [0.29, 0.717) is 12.6 Å². The Bertz CT molecular complexity index is 217. The van der Waals surface area contributed by atoms with Crippen molar-refractivity contribution in [2.24, 2.45) is 0 Å². The minimum absolute atomic E-state index is 0.199. The summed E-state index contributed by atoms with van der Waals surface area (Å²) in [6.45, 7) is 7.29. The van der Waals surface area contributed by atoms with Crippen molar-refractivity contribution in [1.29, 1.82) is 0 Å². The van der Waals surface area contributed by atoms with Crippen molar-refractivity contribution in [3.8, 4) is 0 Å². The first-order chi connectivity index (χ1) is 7.72. The van der Waals surface area contributed by atoms with Crippen LogP contribution in [0, 0.1) is 0 Å². The summed E-state index contributed by atoms with van der Waals surface area (Å²) >= 11 is 0. The largest absolute Gasteiger partial charge is 0.396 e. The topological polar surface area (TPSA) is 43.8 Å². The Morgan fingerprint density at radius 1 is 1.31 bits per heavy atom. The Hall–Kier alpha value is -0.610. The highest BCUT2D eigenvalue weighted by atomic mass is 16.3. The minimum atomic E-state index is 0.199. The number of carbonyl (C=O) groups excluding carboxylic acids is 1. The average molecular weight is 228 g/mol. The van der Waals surface area contributed by atoms with Crippen LogP contribution in [0.2, 0.25) is 0 Å². The van der Waals surface area contributed by atoms with Gasteiger partial charge >= 0.3 is 0 Å². The normalized spacial score (nSPS) is 15.5. The molecule has 16 heavy (non-hydrogen) atoms. The molecular formula is C12H24N2O2. The van der Waals surface area contributed by atoms with Crippen molar-refractivity contribution >= 4 is 5.91 Å². The van der Waals surface area contributed by atoms with Crippen molar-refractivity contribution in [2.75, 3.05) is 32.8 Å². The first-order valence-corrected chi connectivity index (χ1v) is 6.35. The molecule has 1 aliphatic rings. The summed E-state index contributed by atoms with van der Waals surface area (Å²) in [5, 5.41) is 8.78. The van der Waals surface area contributed by atoms with Crippen molar-refractivity contribution in [3.63, 3.8) is 0 Å². The van der Waals surface area contributed by atoms with Crippen molar-refractivity contribution < 1.29 is 9.90 Å². The van der Waals surface area contributed by atoms with Gasteiger partial charge in [-0.1, -0.05) is 6.92 Å². The van der Waals surface area contributed by atoms with Crippen LogP contribution >= 0.6 is 0 Å². The van der Waals surface area contributed by atoms with Gasteiger partial charge in [-0.3, -0.25) is 9.69 Å². The Labute approximate surface area is 98.2 Å². The molecule has 0 aromatic heterocycles. The Kier molecular flexibility index (Phi) is 5.77. The van der Waals surface area contributed by atoms with E-state index in [0.717, 1.165) is 26.1 Å². The highest BCUT2D eigenvalue weighted by molar-refractivity contribution is 5.78. The van der Waals surface area contributed by atoms with Gasteiger partial charge in [0.25, 0.3) is 0 Å². The van der Waals surface area contributed by atoms with Gasteiger partial charge in [-0.15, -0.1) is 0 Å². The molecule has 1 saturated carbocycles. The second-order valence-electron chi connectivity index (χ2n) is 4.36. The molecule has 0 unspecified atom stereocenters. The first-order valence-electron chi connectivity index (χ1n) is 6.35. The van der Waals surface area contributed by atoms with E-state index in [1.165, 1.54) is 12.8 Å². The van der Waals surface area contributed by atoms with Crippen LogP contribution in [-0.4, -0.2) is 59.6 Å². The molecular weight excluding hydrogens is 204 g/mol. The van der Waals surface area contributed by atoms with E-state index in [4.69, 9.17) is 5.11 Å². The second-order valence-corrected chi connectivity index (χ2v) is 4.36. The minimum Gasteiger partial charge on any atom is -0.396 e. The zero-order valence-corrected chi connectivity index (χ0v) is 10.5. The lowest BCUT2D eigenvalue weighted by molar-refractivity contribution is -0.132. The van der Waals surface area contributed by atoms with E-state index >= 15 is 0 Å². The van der Waals surface area contributed by atoms with Crippen LogP contribution in [-0.2, 0) is 4.79 Å². The highest BCUT2D eigenvalue weighted by Gasteiger charge is 2.31. The predicted octanol–water partition coefficient (Wildman–Crippen LogP) is 0.702. The summed E-state index contributed by atoms with van der Waals surface area (Å²) in [6.07, 6.45) is 3.08. The fraction of sp³-hybridized carbons (Fsp3) is 0.917. The van der Waals surface area contributed by atoms with E-state index in [2.05, 4.69) is 11.8 Å². The molecule has 1 rings (SSSR count). The van der Waals surface area contributed by atoms with Gasteiger partial charge < -0.3 is 10.0 Å². The number of carbonyl (C=O) groups is 1. The van der Waals surface area contributed by atoms with Gasteiger partial charge in [-0.2, -0.15) is 0 Å². The molecule has 1 fully saturated rings. The van der Waals surface area contributed by atoms with Gasteiger partial charge in [0.2, 0.25) is 5.91 Å². The predicted molar refractivity (Wildman–Crippen MR) is 64.2 cm³/mol. The maximum Gasteiger partial charge on any atom is 0.236 e. The lowest BCUT2D eigenvalue weighted by Gasteiger charge is -2.25. The zero-order chi connectivity index (χ0) is 12.0. The van der Waals surface area contributed by atoms with Gasteiger partial charge in [-0.05, 0) is 32.7 Å². The molecule has 0 spiro atoms. The molecule has 4 nitrogen and oxygen atoms in total. The summed E-state index contributed by atoms with van der Waals surface area (Å²) in [7, 11) is 0. The summed E-state index contributed by atoms with van der Waals surface area (Å²) in [5.41, 5.74) is 0.